The molecule has 0 spiro atoms. The Balaban J connectivity index is 0.905. The minimum atomic E-state index is -0.275. The molecule has 43 heavy (non-hydrogen) atoms. The molecule has 1 amide bonds. The van der Waals surface area contributed by atoms with Crippen LogP contribution in [0.25, 0.3) is 0 Å². The summed E-state index contributed by atoms with van der Waals surface area (Å²) in [6.45, 7) is 1.99. The average Bonchev–Trinajstić information content (AvgIpc) is 3.96. The summed E-state index contributed by atoms with van der Waals surface area (Å²) in [5, 5.41) is 16.7. The van der Waals surface area contributed by atoms with Crippen LogP contribution in [0.2, 0.25) is 0 Å². The number of anilines is 2. The summed E-state index contributed by atoms with van der Waals surface area (Å²) in [7, 11) is 4.08. The number of benzene rings is 1. The first-order chi connectivity index (χ1) is 20.9. The Morgan fingerprint density at radius 3 is 1.63 bits per heavy atom. The van der Waals surface area contributed by atoms with E-state index < -0.39 is 0 Å². The van der Waals surface area contributed by atoms with Crippen molar-refractivity contribution in [2.45, 2.75) is 101 Å². The number of carbonyl (C=O) groups is 1. The molecule has 0 atom stereocenters. The summed E-state index contributed by atoms with van der Waals surface area (Å²) in [4.78, 5) is 12.6. The molecular formula is C35H49N7O. The zero-order valence-corrected chi connectivity index (χ0v) is 26.0. The molecule has 4 aliphatic rings. The Bertz CT molecular complexity index is 1430. The molecule has 1 aromatic carbocycles. The zero-order valence-electron chi connectivity index (χ0n) is 26.0. The van der Waals surface area contributed by atoms with E-state index in [1.165, 1.54) is 86.7 Å². The van der Waals surface area contributed by atoms with Crippen molar-refractivity contribution in [3.05, 3.63) is 58.4 Å². The number of aromatic nitrogens is 4. The lowest BCUT2D eigenvalue weighted by Crippen LogP contribution is -2.24. The number of carbonyl (C=O) groups excluding carboxylic acids is 1. The van der Waals surface area contributed by atoms with Gasteiger partial charge in [0, 0.05) is 56.7 Å². The maximum Gasteiger partial charge on any atom is 0.248 e. The van der Waals surface area contributed by atoms with Crippen LogP contribution >= 0.6 is 0 Å². The van der Waals surface area contributed by atoms with Crippen LogP contribution in [0.5, 0.6) is 0 Å². The Morgan fingerprint density at radius 1 is 0.698 bits per heavy atom. The molecule has 3 aromatic rings. The second-order valence-corrected chi connectivity index (χ2v) is 14.1. The fourth-order valence-electron chi connectivity index (χ4n) is 7.74. The Hall–Kier alpha value is -3.29. The van der Waals surface area contributed by atoms with E-state index in [4.69, 9.17) is 15.9 Å². The molecule has 230 valence electrons. The van der Waals surface area contributed by atoms with Crippen molar-refractivity contribution in [1.29, 1.82) is 0 Å². The van der Waals surface area contributed by atoms with Crippen LogP contribution in [0, 0.1) is 11.8 Å². The van der Waals surface area contributed by atoms with Crippen LogP contribution in [0.1, 0.15) is 134 Å². The number of amides is 1. The fourth-order valence-corrected chi connectivity index (χ4v) is 7.74. The fraction of sp³-hybridized carbons (Fsp3) is 0.629. The third kappa shape index (κ3) is 6.48. The van der Waals surface area contributed by atoms with E-state index in [1.54, 1.807) is 0 Å². The molecule has 2 heterocycles. The number of hydrogen-bond acceptors (Lipinski definition) is 5. The van der Waals surface area contributed by atoms with E-state index in [-0.39, 0.29) is 5.91 Å². The van der Waals surface area contributed by atoms with Gasteiger partial charge in [0.15, 0.2) is 0 Å². The van der Waals surface area contributed by atoms with Crippen molar-refractivity contribution in [3.63, 3.8) is 0 Å². The van der Waals surface area contributed by atoms with Gasteiger partial charge in [-0.25, -0.2) is 0 Å². The number of nitrogens with two attached hydrogens (primary N) is 1. The highest BCUT2D eigenvalue weighted by Gasteiger charge is 2.30. The Morgan fingerprint density at radius 2 is 1.16 bits per heavy atom. The molecular weight excluding hydrogens is 534 g/mol. The topological polar surface area (TPSA) is 103 Å². The number of aryl methyl sites for hydroxylation is 2. The standard InChI is InChI=1S/C35H49N7O/c1-41-33(18-31(39-41)26-11-12-26)37-20-22-3-7-24(8-4-22)28-15-16-29(30(17-28)35(36)43)25-9-5-23(6-10-25)21-38-34-19-32(27-13-14-27)40-42(34)2/h15-19,22-27,37-38H,3-14,20-21H2,1-2H3,(H2,36,43). The predicted octanol–water partition coefficient (Wildman–Crippen LogP) is 6.78. The molecule has 0 radical (unpaired) electrons. The second kappa shape index (κ2) is 12.0. The van der Waals surface area contributed by atoms with Gasteiger partial charge in [-0.05, 0) is 118 Å². The monoisotopic (exact) mass is 583 g/mol. The van der Waals surface area contributed by atoms with Gasteiger partial charge in [-0.2, -0.15) is 10.2 Å². The van der Waals surface area contributed by atoms with Crippen molar-refractivity contribution in [1.82, 2.24) is 19.6 Å². The molecule has 4 N–H and O–H groups in total. The maximum atomic E-state index is 12.6. The lowest BCUT2D eigenvalue weighted by Gasteiger charge is -2.31. The maximum absolute atomic E-state index is 12.6. The van der Waals surface area contributed by atoms with Gasteiger partial charge in [-0.3, -0.25) is 14.2 Å². The number of primary amides is 1. The summed E-state index contributed by atoms with van der Waals surface area (Å²) in [5.41, 5.74) is 11.7. The van der Waals surface area contributed by atoms with E-state index in [0.29, 0.717) is 35.5 Å². The Labute approximate surface area is 256 Å². The van der Waals surface area contributed by atoms with Gasteiger partial charge in [0.2, 0.25) is 5.91 Å². The smallest absolute Gasteiger partial charge is 0.248 e. The van der Waals surface area contributed by atoms with Gasteiger partial charge in [0.1, 0.15) is 11.6 Å². The van der Waals surface area contributed by atoms with Crippen molar-refractivity contribution in [2.75, 3.05) is 23.7 Å². The number of nitrogens with zero attached hydrogens (tertiary/aromatic N) is 4. The minimum Gasteiger partial charge on any atom is -0.370 e. The van der Waals surface area contributed by atoms with E-state index in [9.17, 15) is 4.79 Å². The number of rotatable bonds is 11. The summed E-state index contributed by atoms with van der Waals surface area (Å²) < 4.78 is 4.00. The van der Waals surface area contributed by atoms with Crippen molar-refractivity contribution in [3.8, 4) is 0 Å². The number of hydrogen-bond donors (Lipinski definition) is 3. The molecule has 0 unspecified atom stereocenters. The summed E-state index contributed by atoms with van der Waals surface area (Å²) in [5.74, 6) is 5.62. The highest BCUT2D eigenvalue weighted by atomic mass is 16.1. The third-order valence-electron chi connectivity index (χ3n) is 10.9. The molecule has 0 saturated heterocycles. The third-order valence-corrected chi connectivity index (χ3v) is 10.9. The van der Waals surface area contributed by atoms with Crippen LogP contribution in [-0.2, 0) is 14.1 Å². The largest absolute Gasteiger partial charge is 0.370 e. The average molecular weight is 584 g/mol. The zero-order chi connectivity index (χ0) is 29.5. The van der Waals surface area contributed by atoms with Gasteiger partial charge >= 0.3 is 0 Å². The van der Waals surface area contributed by atoms with Gasteiger partial charge < -0.3 is 16.4 Å². The normalized spacial score (nSPS) is 25.9. The lowest BCUT2D eigenvalue weighted by atomic mass is 9.75. The molecule has 7 rings (SSSR count). The van der Waals surface area contributed by atoms with E-state index >= 15 is 0 Å². The summed E-state index contributed by atoms with van der Waals surface area (Å²) >= 11 is 0. The molecule has 4 saturated carbocycles. The SMILES string of the molecule is Cn1nc(C2CC2)cc1NCC1CCC(c2ccc(C3CCC(CNc4cc(C5CC5)nn4C)CC3)c(C(N)=O)c2)CC1. The van der Waals surface area contributed by atoms with Crippen LogP contribution in [0.4, 0.5) is 11.6 Å². The van der Waals surface area contributed by atoms with Crippen molar-refractivity contribution in [2.24, 2.45) is 31.7 Å². The first-order valence-electron chi connectivity index (χ1n) is 16.9. The first kappa shape index (κ1) is 28.5. The quantitative estimate of drug-likeness (QED) is 0.231. The van der Waals surface area contributed by atoms with Crippen molar-refractivity contribution >= 4 is 17.5 Å². The lowest BCUT2D eigenvalue weighted by molar-refractivity contribution is 0.0998. The van der Waals surface area contributed by atoms with Crippen LogP contribution in [-0.4, -0.2) is 38.6 Å². The second-order valence-electron chi connectivity index (χ2n) is 14.1. The van der Waals surface area contributed by atoms with E-state index in [2.05, 4.69) is 41.0 Å². The molecule has 8 nitrogen and oxygen atoms in total. The molecule has 4 fully saturated rings. The van der Waals surface area contributed by atoms with E-state index in [0.717, 1.165) is 43.1 Å². The van der Waals surface area contributed by atoms with Crippen molar-refractivity contribution < 1.29 is 4.79 Å². The molecule has 8 heteroatoms. The predicted molar refractivity (Wildman–Crippen MR) is 172 cm³/mol. The van der Waals surface area contributed by atoms with Crippen LogP contribution < -0.4 is 16.4 Å². The summed E-state index contributed by atoms with van der Waals surface area (Å²) in [6, 6.07) is 11.2. The summed E-state index contributed by atoms with van der Waals surface area (Å²) in [6.07, 6.45) is 14.4. The molecule has 2 aromatic heterocycles. The number of nitrogens with one attached hydrogen (secondary N) is 2. The van der Waals surface area contributed by atoms with Gasteiger partial charge in [-0.15, -0.1) is 0 Å². The van der Waals surface area contributed by atoms with Gasteiger partial charge in [0.05, 0.1) is 11.4 Å². The van der Waals surface area contributed by atoms with Crippen LogP contribution in [0.15, 0.2) is 30.3 Å². The molecule has 0 bridgehead atoms. The minimum absolute atomic E-state index is 0.275. The highest BCUT2D eigenvalue weighted by Crippen LogP contribution is 2.42. The highest BCUT2D eigenvalue weighted by molar-refractivity contribution is 5.94. The van der Waals surface area contributed by atoms with Gasteiger partial charge in [0.25, 0.3) is 0 Å². The first-order valence-corrected chi connectivity index (χ1v) is 16.9. The van der Waals surface area contributed by atoms with E-state index in [1.807, 2.05) is 23.5 Å². The molecule has 4 aliphatic carbocycles. The molecule has 0 aliphatic heterocycles. The Kier molecular flexibility index (Phi) is 7.95. The van der Waals surface area contributed by atoms with Gasteiger partial charge in [-0.1, -0.05) is 12.1 Å². The van der Waals surface area contributed by atoms with Crippen LogP contribution in [0.3, 0.4) is 0 Å².